The summed E-state index contributed by atoms with van der Waals surface area (Å²) < 4.78 is 29.1. The lowest BCUT2D eigenvalue weighted by atomic mass is 10.1. The lowest BCUT2D eigenvalue weighted by molar-refractivity contribution is -0.0498. The van der Waals surface area contributed by atoms with Gasteiger partial charge in [-0.15, -0.1) is 0 Å². The maximum Gasteiger partial charge on any atom is 0.407 e. The molecule has 166 valence electrons. The number of nitrogens with one attached hydrogen (secondary N) is 2. The van der Waals surface area contributed by atoms with Crippen LogP contribution >= 0.6 is 0 Å². The molecule has 0 saturated carbocycles. The fourth-order valence-electron chi connectivity index (χ4n) is 3.39. The Balaban J connectivity index is 1.41. The third-order valence-electron chi connectivity index (χ3n) is 4.87. The molecule has 4 rings (SSSR count). The number of halogens is 2. The van der Waals surface area contributed by atoms with E-state index in [1.165, 1.54) is 17.0 Å². The van der Waals surface area contributed by atoms with Crippen LogP contribution in [0.2, 0.25) is 0 Å². The van der Waals surface area contributed by atoms with E-state index in [1.54, 1.807) is 36.9 Å². The van der Waals surface area contributed by atoms with Gasteiger partial charge in [0.1, 0.15) is 5.75 Å². The zero-order chi connectivity index (χ0) is 22.5. The van der Waals surface area contributed by atoms with Crippen LogP contribution in [0.1, 0.15) is 6.42 Å². The Hall–Kier alpha value is -4.02. The molecule has 1 fully saturated rings. The number of carboxylic acid groups (broad SMARTS) is 1. The molecule has 1 atom stereocenters. The highest BCUT2D eigenvalue weighted by Crippen LogP contribution is 2.24. The first-order chi connectivity index (χ1) is 15.5. The second kappa shape index (κ2) is 9.41. The fraction of sp³-hybridized carbons (Fsp3) is 0.238. The number of hydrogen-bond acceptors (Lipinski definition) is 7. The molecule has 1 saturated heterocycles. The van der Waals surface area contributed by atoms with Crippen molar-refractivity contribution in [3.8, 4) is 16.9 Å². The van der Waals surface area contributed by atoms with Crippen LogP contribution in [0.15, 0.2) is 55.1 Å². The van der Waals surface area contributed by atoms with E-state index in [4.69, 9.17) is 5.11 Å². The lowest BCUT2D eigenvalue weighted by Gasteiger charge is -2.15. The minimum Gasteiger partial charge on any atom is -0.465 e. The first-order valence-electron chi connectivity index (χ1n) is 9.80. The van der Waals surface area contributed by atoms with Gasteiger partial charge in [0.05, 0.1) is 5.69 Å². The van der Waals surface area contributed by atoms with Gasteiger partial charge in [-0.3, -0.25) is 4.98 Å². The molecule has 9 nitrogen and oxygen atoms in total. The molecule has 1 amide bonds. The van der Waals surface area contributed by atoms with Gasteiger partial charge in [-0.2, -0.15) is 8.78 Å². The van der Waals surface area contributed by atoms with Gasteiger partial charge in [0, 0.05) is 66.8 Å². The normalized spacial score (nSPS) is 15.6. The average Bonchev–Trinajstić information content (AvgIpc) is 3.23. The SMILES string of the molecule is O=C(O)N1CC[C@H](Nc2cncc(-c3cnc(Nc4cccc(OC(F)F)c4)nc3)c2)C1. The monoisotopic (exact) mass is 442 g/mol. The third-order valence-corrected chi connectivity index (χ3v) is 4.87. The molecule has 2 aromatic heterocycles. The highest BCUT2D eigenvalue weighted by molar-refractivity contribution is 5.67. The van der Waals surface area contributed by atoms with Crippen molar-refractivity contribution in [3.63, 3.8) is 0 Å². The minimum atomic E-state index is -2.90. The highest BCUT2D eigenvalue weighted by atomic mass is 19.3. The van der Waals surface area contributed by atoms with E-state index in [-0.39, 0.29) is 11.8 Å². The van der Waals surface area contributed by atoms with Gasteiger partial charge >= 0.3 is 12.7 Å². The molecule has 0 radical (unpaired) electrons. The summed E-state index contributed by atoms with van der Waals surface area (Å²) in [6.45, 7) is -1.98. The fourth-order valence-corrected chi connectivity index (χ4v) is 3.39. The van der Waals surface area contributed by atoms with E-state index >= 15 is 0 Å². The number of alkyl halides is 2. The topological polar surface area (TPSA) is 113 Å². The Labute approximate surface area is 182 Å². The van der Waals surface area contributed by atoms with Gasteiger partial charge in [0.15, 0.2) is 0 Å². The maximum absolute atomic E-state index is 12.4. The summed E-state index contributed by atoms with van der Waals surface area (Å²) in [6, 6.07) is 8.04. The van der Waals surface area contributed by atoms with Crippen molar-refractivity contribution < 1.29 is 23.4 Å². The molecule has 0 bridgehead atoms. The van der Waals surface area contributed by atoms with E-state index in [9.17, 15) is 13.6 Å². The summed E-state index contributed by atoms with van der Waals surface area (Å²) in [5.74, 6) is 0.329. The number of ether oxygens (including phenoxy) is 1. The Morgan fingerprint density at radius 3 is 2.66 bits per heavy atom. The number of pyridine rings is 1. The quantitative estimate of drug-likeness (QED) is 0.502. The van der Waals surface area contributed by atoms with Crippen molar-refractivity contribution in [2.45, 2.75) is 19.1 Å². The molecular formula is C21H20F2N6O3. The Kier molecular flexibility index (Phi) is 6.24. The van der Waals surface area contributed by atoms with Gasteiger partial charge < -0.3 is 25.4 Å². The van der Waals surface area contributed by atoms with Crippen LogP contribution in [0.25, 0.3) is 11.1 Å². The molecule has 3 aromatic rings. The Bertz CT molecular complexity index is 1080. The number of amides is 1. The molecule has 3 N–H and O–H groups in total. The van der Waals surface area contributed by atoms with Gasteiger partial charge in [-0.1, -0.05) is 6.07 Å². The van der Waals surface area contributed by atoms with Crippen molar-refractivity contribution in [1.29, 1.82) is 0 Å². The molecule has 3 heterocycles. The van der Waals surface area contributed by atoms with Crippen LogP contribution in [0.5, 0.6) is 5.75 Å². The minimum absolute atomic E-state index is 0.0239. The van der Waals surface area contributed by atoms with Crippen LogP contribution in [0, 0.1) is 0 Å². The molecule has 0 spiro atoms. The van der Waals surface area contributed by atoms with Crippen molar-refractivity contribution in [2.24, 2.45) is 0 Å². The predicted molar refractivity (Wildman–Crippen MR) is 113 cm³/mol. The van der Waals surface area contributed by atoms with Crippen LogP contribution in [0.4, 0.5) is 30.9 Å². The summed E-state index contributed by atoms with van der Waals surface area (Å²) in [6.07, 6.45) is 6.41. The van der Waals surface area contributed by atoms with E-state index < -0.39 is 12.7 Å². The number of likely N-dealkylation sites (tertiary alicyclic amines) is 1. The Morgan fingerprint density at radius 2 is 1.94 bits per heavy atom. The molecule has 11 heteroatoms. The standard InChI is InChI=1S/C21H20F2N6O3/c22-19(23)32-18-3-1-2-15(7-18)28-20-25-9-14(10-26-20)13-6-17(11-24-8-13)27-16-4-5-29(12-16)21(30)31/h1-3,6-11,16,19,27H,4-5,12H2,(H,30,31)(H,25,26,28)/t16-/m0/s1. The molecular weight excluding hydrogens is 422 g/mol. The second-order valence-electron chi connectivity index (χ2n) is 7.15. The van der Waals surface area contributed by atoms with Gasteiger partial charge in [0.25, 0.3) is 0 Å². The zero-order valence-corrected chi connectivity index (χ0v) is 16.8. The lowest BCUT2D eigenvalue weighted by Crippen LogP contribution is -2.30. The summed E-state index contributed by atoms with van der Waals surface area (Å²) in [7, 11) is 0. The van der Waals surface area contributed by atoms with E-state index in [2.05, 4.69) is 30.3 Å². The summed E-state index contributed by atoms with van der Waals surface area (Å²) in [4.78, 5) is 25.2. The number of carbonyl (C=O) groups is 1. The maximum atomic E-state index is 12.4. The Morgan fingerprint density at radius 1 is 1.12 bits per heavy atom. The first-order valence-corrected chi connectivity index (χ1v) is 9.80. The van der Waals surface area contributed by atoms with Gasteiger partial charge in [-0.05, 0) is 24.6 Å². The summed E-state index contributed by atoms with van der Waals surface area (Å²) >= 11 is 0. The van der Waals surface area contributed by atoms with Crippen LogP contribution in [-0.4, -0.2) is 56.8 Å². The van der Waals surface area contributed by atoms with Crippen LogP contribution in [0.3, 0.4) is 0 Å². The van der Waals surface area contributed by atoms with Crippen molar-refractivity contribution >= 4 is 23.4 Å². The van der Waals surface area contributed by atoms with Crippen LogP contribution < -0.4 is 15.4 Å². The van der Waals surface area contributed by atoms with Gasteiger partial charge in [-0.25, -0.2) is 14.8 Å². The first kappa shape index (κ1) is 21.2. The number of anilines is 3. The van der Waals surface area contributed by atoms with Crippen LogP contribution in [-0.2, 0) is 0 Å². The molecule has 0 aliphatic carbocycles. The number of hydrogen-bond donors (Lipinski definition) is 3. The molecule has 1 aliphatic rings. The molecule has 0 unspecified atom stereocenters. The zero-order valence-electron chi connectivity index (χ0n) is 16.8. The van der Waals surface area contributed by atoms with E-state index in [0.29, 0.717) is 24.7 Å². The summed E-state index contributed by atoms with van der Waals surface area (Å²) in [5, 5.41) is 15.3. The predicted octanol–water partition coefficient (Wildman–Crippen LogP) is 4.05. The van der Waals surface area contributed by atoms with E-state index in [0.717, 1.165) is 23.2 Å². The number of rotatable bonds is 7. The van der Waals surface area contributed by atoms with Gasteiger partial charge in [0.2, 0.25) is 5.95 Å². The largest absolute Gasteiger partial charge is 0.465 e. The van der Waals surface area contributed by atoms with Crippen molar-refractivity contribution in [2.75, 3.05) is 23.7 Å². The summed E-state index contributed by atoms with van der Waals surface area (Å²) in [5.41, 5.74) is 2.82. The molecule has 1 aliphatic heterocycles. The van der Waals surface area contributed by atoms with Crippen molar-refractivity contribution in [3.05, 3.63) is 55.1 Å². The van der Waals surface area contributed by atoms with Crippen molar-refractivity contribution in [1.82, 2.24) is 19.9 Å². The second-order valence-corrected chi connectivity index (χ2v) is 7.15. The molecule has 32 heavy (non-hydrogen) atoms. The number of aromatic nitrogens is 3. The van der Waals surface area contributed by atoms with E-state index in [1.807, 2.05) is 6.07 Å². The average molecular weight is 442 g/mol. The number of nitrogens with zero attached hydrogens (tertiary/aromatic N) is 4. The smallest absolute Gasteiger partial charge is 0.407 e. The number of benzene rings is 1. The third kappa shape index (κ3) is 5.36. The molecule has 1 aromatic carbocycles. The highest BCUT2D eigenvalue weighted by Gasteiger charge is 2.25.